The van der Waals surface area contributed by atoms with Gasteiger partial charge in [0.25, 0.3) is 0 Å². The minimum absolute atomic E-state index is 0.0336. The number of benzene rings is 1. The second-order valence-electron chi connectivity index (χ2n) is 11.3. The zero-order valence-corrected chi connectivity index (χ0v) is 23.5. The summed E-state index contributed by atoms with van der Waals surface area (Å²) in [5.41, 5.74) is 4.40. The third-order valence-corrected chi connectivity index (χ3v) is 7.72. The zero-order chi connectivity index (χ0) is 27.7. The molecule has 0 radical (unpaired) electrons. The number of rotatable bonds is 7. The van der Waals surface area contributed by atoms with Gasteiger partial charge < -0.3 is 18.8 Å². The predicted octanol–water partition coefficient (Wildman–Crippen LogP) is 4.04. The number of ether oxygens (including phenoxy) is 3. The Labute approximate surface area is 229 Å². The summed E-state index contributed by atoms with van der Waals surface area (Å²) in [7, 11) is 1.66. The summed E-state index contributed by atoms with van der Waals surface area (Å²) >= 11 is 0. The van der Waals surface area contributed by atoms with Crippen molar-refractivity contribution < 1.29 is 19.0 Å². The largest absolute Gasteiger partial charge is 0.496 e. The van der Waals surface area contributed by atoms with Crippen LogP contribution in [0.2, 0.25) is 0 Å². The molecule has 0 amide bonds. The number of esters is 1. The maximum absolute atomic E-state index is 13.0. The second-order valence-corrected chi connectivity index (χ2v) is 11.3. The van der Waals surface area contributed by atoms with Gasteiger partial charge in [-0.15, -0.1) is 0 Å². The van der Waals surface area contributed by atoms with Gasteiger partial charge in [-0.05, 0) is 36.5 Å². The van der Waals surface area contributed by atoms with Crippen LogP contribution < -0.4 is 10.2 Å². The molecular weight excluding hydrogens is 496 g/mol. The van der Waals surface area contributed by atoms with Crippen molar-refractivity contribution in [3.8, 4) is 28.1 Å². The van der Waals surface area contributed by atoms with Gasteiger partial charge in [0.05, 0.1) is 45.4 Å². The molecule has 1 atom stereocenters. The minimum atomic E-state index is -0.588. The minimum Gasteiger partial charge on any atom is -0.496 e. The third-order valence-electron chi connectivity index (χ3n) is 7.72. The standard InChI is InChI=1S/C30H38N4O5/c1-6-39-29(36)24-19-34-25(16-26(24)35)22-15-27(37-5)23(13-20(22)14-28(34)30(2,3)4)21-17-31-33(18-21)8-7-32-9-11-38-12-10-32/h13,15-19,28H,6-12,14H2,1-5H3. The van der Waals surface area contributed by atoms with E-state index in [2.05, 4.69) is 47.6 Å². The molecule has 1 fully saturated rings. The molecule has 2 aliphatic heterocycles. The maximum atomic E-state index is 13.0. The van der Waals surface area contributed by atoms with E-state index in [4.69, 9.17) is 14.2 Å². The number of morpholine rings is 1. The first-order valence-electron chi connectivity index (χ1n) is 13.7. The van der Waals surface area contributed by atoms with E-state index >= 15 is 0 Å². The molecule has 0 N–H and O–H groups in total. The Kier molecular flexibility index (Phi) is 7.64. The number of nitrogens with zero attached hydrogens (tertiary/aromatic N) is 4. The monoisotopic (exact) mass is 534 g/mol. The lowest BCUT2D eigenvalue weighted by molar-refractivity contribution is 0.0359. The highest BCUT2D eigenvalue weighted by atomic mass is 16.5. The molecule has 3 aromatic rings. The summed E-state index contributed by atoms with van der Waals surface area (Å²) < 4.78 is 20.5. The number of carbonyl (C=O) groups is 1. The van der Waals surface area contributed by atoms with Gasteiger partial charge in [0.2, 0.25) is 0 Å². The molecule has 1 unspecified atom stereocenters. The lowest BCUT2D eigenvalue weighted by atomic mass is 9.78. The Hall–Kier alpha value is -3.43. The Morgan fingerprint density at radius 2 is 1.87 bits per heavy atom. The van der Waals surface area contributed by atoms with E-state index in [1.54, 1.807) is 26.3 Å². The van der Waals surface area contributed by atoms with Crippen LogP contribution in [0.1, 0.15) is 49.7 Å². The number of methoxy groups -OCH3 is 1. The summed E-state index contributed by atoms with van der Waals surface area (Å²) in [6.45, 7) is 13.7. The SMILES string of the molecule is CCOC(=O)c1cn2c(cc1=O)-c1cc(OC)c(-c3cnn(CCN4CCOCC4)c3)cc1CC2C(C)(C)C. The van der Waals surface area contributed by atoms with Crippen LogP contribution >= 0.6 is 0 Å². The number of fused-ring (bicyclic) bond motifs is 3. The van der Waals surface area contributed by atoms with Gasteiger partial charge in [0.1, 0.15) is 11.3 Å². The van der Waals surface area contributed by atoms with Gasteiger partial charge in [-0.1, -0.05) is 20.8 Å². The Bertz CT molecular complexity index is 1410. The molecule has 4 heterocycles. The van der Waals surface area contributed by atoms with Crippen molar-refractivity contribution in [2.45, 2.75) is 46.7 Å². The maximum Gasteiger partial charge on any atom is 0.343 e. The summed E-state index contributed by atoms with van der Waals surface area (Å²) in [4.78, 5) is 27.9. The van der Waals surface area contributed by atoms with Crippen LogP contribution in [0.3, 0.4) is 0 Å². The summed E-state index contributed by atoms with van der Waals surface area (Å²) in [5.74, 6) is 0.124. The van der Waals surface area contributed by atoms with E-state index in [0.717, 1.165) is 73.8 Å². The van der Waals surface area contributed by atoms with Gasteiger partial charge in [-0.3, -0.25) is 14.4 Å². The average molecular weight is 535 g/mol. The second kappa shape index (κ2) is 11.0. The third kappa shape index (κ3) is 5.51. The quantitative estimate of drug-likeness (QED) is 0.423. The lowest BCUT2D eigenvalue weighted by Crippen LogP contribution is -2.38. The molecule has 5 rings (SSSR count). The van der Waals surface area contributed by atoms with E-state index in [1.165, 1.54) is 0 Å². The highest BCUT2D eigenvalue weighted by Gasteiger charge is 2.34. The van der Waals surface area contributed by atoms with Gasteiger partial charge in [0, 0.05) is 60.8 Å². The summed E-state index contributed by atoms with van der Waals surface area (Å²) in [6, 6.07) is 5.77. The molecule has 0 bridgehead atoms. The van der Waals surface area contributed by atoms with E-state index in [0.29, 0.717) is 5.75 Å². The molecule has 0 spiro atoms. The van der Waals surface area contributed by atoms with Crippen molar-refractivity contribution in [1.82, 2.24) is 19.2 Å². The van der Waals surface area contributed by atoms with Crippen LogP contribution in [-0.4, -0.2) is 71.8 Å². The van der Waals surface area contributed by atoms with Crippen molar-refractivity contribution in [3.05, 3.63) is 58.1 Å². The molecule has 2 aromatic heterocycles. The molecule has 208 valence electrons. The Morgan fingerprint density at radius 3 is 2.56 bits per heavy atom. The van der Waals surface area contributed by atoms with Crippen LogP contribution in [-0.2, 0) is 22.4 Å². The Morgan fingerprint density at radius 1 is 1.10 bits per heavy atom. The van der Waals surface area contributed by atoms with Crippen molar-refractivity contribution in [1.29, 1.82) is 0 Å². The number of carbonyl (C=O) groups excluding carboxylic acids is 1. The molecule has 0 saturated carbocycles. The molecule has 1 aromatic carbocycles. The molecule has 2 aliphatic rings. The number of pyridine rings is 1. The van der Waals surface area contributed by atoms with Crippen molar-refractivity contribution in [2.75, 3.05) is 46.6 Å². The van der Waals surface area contributed by atoms with Crippen LogP contribution in [0.5, 0.6) is 5.75 Å². The smallest absolute Gasteiger partial charge is 0.343 e. The number of hydrogen-bond donors (Lipinski definition) is 0. The van der Waals surface area contributed by atoms with Crippen LogP contribution in [0, 0.1) is 5.41 Å². The Balaban J connectivity index is 1.52. The average Bonchev–Trinajstić information content (AvgIpc) is 3.39. The van der Waals surface area contributed by atoms with Crippen LogP contribution in [0.25, 0.3) is 22.4 Å². The predicted molar refractivity (Wildman–Crippen MR) is 149 cm³/mol. The molecular formula is C30H38N4O5. The van der Waals surface area contributed by atoms with Gasteiger partial charge in [-0.2, -0.15) is 5.10 Å². The van der Waals surface area contributed by atoms with Gasteiger partial charge in [-0.25, -0.2) is 4.79 Å². The van der Waals surface area contributed by atoms with Gasteiger partial charge in [0.15, 0.2) is 5.43 Å². The van der Waals surface area contributed by atoms with Crippen molar-refractivity contribution in [2.24, 2.45) is 5.41 Å². The summed E-state index contributed by atoms with van der Waals surface area (Å²) in [6.07, 6.45) is 6.38. The number of aromatic nitrogens is 3. The molecule has 9 heteroatoms. The zero-order valence-electron chi connectivity index (χ0n) is 23.5. The number of hydrogen-bond acceptors (Lipinski definition) is 7. The van der Waals surface area contributed by atoms with E-state index in [9.17, 15) is 9.59 Å². The lowest BCUT2D eigenvalue weighted by Gasteiger charge is -2.39. The van der Waals surface area contributed by atoms with E-state index in [-0.39, 0.29) is 29.1 Å². The first-order chi connectivity index (χ1) is 18.7. The van der Waals surface area contributed by atoms with Crippen LogP contribution in [0.15, 0.2) is 41.6 Å². The first-order valence-corrected chi connectivity index (χ1v) is 13.7. The molecule has 9 nitrogen and oxygen atoms in total. The topological polar surface area (TPSA) is 87.8 Å². The van der Waals surface area contributed by atoms with E-state index in [1.807, 2.05) is 16.9 Å². The highest BCUT2D eigenvalue weighted by Crippen LogP contribution is 2.45. The summed E-state index contributed by atoms with van der Waals surface area (Å²) in [5, 5.41) is 4.62. The van der Waals surface area contributed by atoms with Gasteiger partial charge >= 0.3 is 5.97 Å². The normalized spacial score (nSPS) is 17.4. The van der Waals surface area contributed by atoms with Crippen molar-refractivity contribution >= 4 is 5.97 Å². The molecule has 39 heavy (non-hydrogen) atoms. The fourth-order valence-electron chi connectivity index (χ4n) is 5.54. The highest BCUT2D eigenvalue weighted by molar-refractivity contribution is 5.89. The fourth-order valence-corrected chi connectivity index (χ4v) is 5.54. The fraction of sp³-hybridized carbons (Fsp3) is 0.500. The first kappa shape index (κ1) is 27.1. The molecule has 0 aliphatic carbocycles. The van der Waals surface area contributed by atoms with Crippen LogP contribution in [0.4, 0.5) is 0 Å². The van der Waals surface area contributed by atoms with Crippen molar-refractivity contribution in [3.63, 3.8) is 0 Å². The molecule has 1 saturated heterocycles. The van der Waals surface area contributed by atoms with E-state index < -0.39 is 5.97 Å².